The van der Waals surface area contributed by atoms with Gasteiger partial charge in [-0.2, -0.15) is 0 Å². The van der Waals surface area contributed by atoms with Crippen LogP contribution < -0.4 is 0 Å². The maximum Gasteiger partial charge on any atom is 0.178 e. The first-order chi connectivity index (χ1) is 9.19. The number of imidazole rings is 1. The Labute approximate surface area is 119 Å². The van der Waals surface area contributed by atoms with Crippen LogP contribution in [0.4, 0.5) is 0 Å². The SMILES string of the molecule is CCn1cnnc1Cn1c(=S)[nH]c2cc(Cl)ccc21. The zero-order valence-corrected chi connectivity index (χ0v) is 11.9. The van der Waals surface area contributed by atoms with E-state index in [4.69, 9.17) is 23.8 Å². The third kappa shape index (κ3) is 2.17. The molecule has 7 heteroatoms. The number of benzene rings is 1. The highest BCUT2D eigenvalue weighted by Gasteiger charge is 2.09. The first-order valence-electron chi connectivity index (χ1n) is 5.94. The molecule has 0 aliphatic rings. The van der Waals surface area contributed by atoms with Crippen molar-refractivity contribution in [1.29, 1.82) is 0 Å². The minimum absolute atomic E-state index is 0.592. The number of nitrogens with zero attached hydrogens (tertiary/aromatic N) is 4. The van der Waals surface area contributed by atoms with E-state index >= 15 is 0 Å². The van der Waals surface area contributed by atoms with Crippen LogP contribution in [0.3, 0.4) is 0 Å². The molecule has 0 fully saturated rings. The van der Waals surface area contributed by atoms with Crippen LogP contribution in [0.2, 0.25) is 5.02 Å². The quantitative estimate of drug-likeness (QED) is 0.755. The van der Waals surface area contributed by atoms with Crippen molar-refractivity contribution in [3.05, 3.63) is 40.1 Å². The summed E-state index contributed by atoms with van der Waals surface area (Å²) in [4.78, 5) is 3.15. The van der Waals surface area contributed by atoms with Crippen LogP contribution in [0.25, 0.3) is 11.0 Å². The number of halogens is 1. The predicted molar refractivity (Wildman–Crippen MR) is 76.9 cm³/mol. The van der Waals surface area contributed by atoms with E-state index in [2.05, 4.69) is 22.1 Å². The molecule has 0 saturated carbocycles. The minimum atomic E-state index is 0.592. The molecule has 0 aliphatic heterocycles. The second-order valence-corrected chi connectivity index (χ2v) is 5.03. The molecule has 0 atom stereocenters. The van der Waals surface area contributed by atoms with Crippen molar-refractivity contribution >= 4 is 34.9 Å². The first-order valence-corrected chi connectivity index (χ1v) is 6.72. The minimum Gasteiger partial charge on any atom is -0.331 e. The standard InChI is InChI=1S/C12H12ClN5S/c1-2-17-7-14-16-11(17)6-18-10-4-3-8(13)5-9(10)15-12(18)19/h3-5,7H,2,6H2,1H3,(H,15,19). The molecular formula is C12H12ClN5S. The Morgan fingerprint density at radius 1 is 1.42 bits per heavy atom. The zero-order valence-electron chi connectivity index (χ0n) is 10.3. The van der Waals surface area contributed by atoms with Crippen molar-refractivity contribution in [2.45, 2.75) is 20.0 Å². The van der Waals surface area contributed by atoms with E-state index in [1.807, 2.05) is 27.3 Å². The molecule has 3 rings (SSSR count). The van der Waals surface area contributed by atoms with Gasteiger partial charge in [0, 0.05) is 11.6 Å². The second kappa shape index (κ2) is 4.79. The maximum absolute atomic E-state index is 5.98. The van der Waals surface area contributed by atoms with Crippen LogP contribution >= 0.6 is 23.8 Å². The summed E-state index contributed by atoms with van der Waals surface area (Å²) in [5.74, 6) is 0.884. The average Bonchev–Trinajstić information content (AvgIpc) is 2.95. The predicted octanol–water partition coefficient (Wildman–Crippen LogP) is 3.01. The number of hydrogen-bond acceptors (Lipinski definition) is 3. The molecular weight excluding hydrogens is 282 g/mol. The second-order valence-electron chi connectivity index (χ2n) is 4.21. The number of H-pyrrole nitrogens is 1. The van der Waals surface area contributed by atoms with Gasteiger partial charge >= 0.3 is 0 Å². The number of aromatic nitrogens is 5. The van der Waals surface area contributed by atoms with Gasteiger partial charge in [-0.05, 0) is 37.3 Å². The summed E-state index contributed by atoms with van der Waals surface area (Å²) < 4.78 is 4.65. The molecule has 0 radical (unpaired) electrons. The Balaban J connectivity index is 2.10. The van der Waals surface area contributed by atoms with Crippen molar-refractivity contribution in [2.75, 3.05) is 0 Å². The van der Waals surface area contributed by atoms with Crippen molar-refractivity contribution < 1.29 is 0 Å². The van der Waals surface area contributed by atoms with Gasteiger partial charge in [0.15, 0.2) is 10.6 Å². The summed E-state index contributed by atoms with van der Waals surface area (Å²) in [5, 5.41) is 8.75. The summed E-state index contributed by atoms with van der Waals surface area (Å²) in [6, 6.07) is 5.68. The molecule has 0 spiro atoms. The fourth-order valence-corrected chi connectivity index (χ4v) is 2.54. The van der Waals surface area contributed by atoms with E-state index in [0.717, 1.165) is 23.4 Å². The lowest BCUT2D eigenvalue weighted by Crippen LogP contribution is -2.07. The van der Waals surface area contributed by atoms with Crippen molar-refractivity contribution in [2.24, 2.45) is 0 Å². The number of aromatic amines is 1. The van der Waals surface area contributed by atoms with Crippen molar-refractivity contribution in [3.8, 4) is 0 Å². The fourth-order valence-electron chi connectivity index (χ4n) is 2.10. The third-order valence-corrected chi connectivity index (χ3v) is 3.63. The smallest absolute Gasteiger partial charge is 0.178 e. The molecule has 3 aromatic rings. The Hall–Kier alpha value is -1.66. The Kier molecular flexibility index (Phi) is 3.12. The summed E-state index contributed by atoms with van der Waals surface area (Å²) in [5.41, 5.74) is 1.94. The van der Waals surface area contributed by atoms with Gasteiger partial charge in [-0.25, -0.2) is 0 Å². The van der Waals surface area contributed by atoms with Gasteiger partial charge in [0.05, 0.1) is 17.6 Å². The van der Waals surface area contributed by atoms with E-state index in [1.54, 1.807) is 6.33 Å². The number of nitrogens with one attached hydrogen (secondary N) is 1. The number of aryl methyl sites for hydroxylation is 1. The Morgan fingerprint density at radius 2 is 2.26 bits per heavy atom. The lowest BCUT2D eigenvalue weighted by Gasteiger charge is -2.05. The van der Waals surface area contributed by atoms with Gasteiger partial charge in [-0.3, -0.25) is 0 Å². The number of hydrogen-bond donors (Lipinski definition) is 1. The summed E-state index contributed by atoms with van der Waals surface area (Å²) in [6.45, 7) is 3.49. The van der Waals surface area contributed by atoms with Gasteiger partial charge in [0.25, 0.3) is 0 Å². The van der Waals surface area contributed by atoms with Gasteiger partial charge < -0.3 is 14.1 Å². The molecule has 2 aromatic heterocycles. The summed E-state index contributed by atoms with van der Waals surface area (Å²) in [6.07, 6.45) is 1.73. The topological polar surface area (TPSA) is 51.4 Å². The molecule has 1 aromatic carbocycles. The van der Waals surface area contributed by atoms with Crippen LogP contribution in [0, 0.1) is 4.77 Å². The monoisotopic (exact) mass is 293 g/mol. The summed E-state index contributed by atoms with van der Waals surface area (Å²) >= 11 is 11.3. The highest BCUT2D eigenvalue weighted by molar-refractivity contribution is 7.71. The Bertz CT molecular complexity index is 785. The van der Waals surface area contributed by atoms with Crippen LogP contribution in [0.15, 0.2) is 24.5 Å². The maximum atomic E-state index is 5.98. The highest BCUT2D eigenvalue weighted by atomic mass is 35.5. The average molecular weight is 294 g/mol. The van der Waals surface area contributed by atoms with Crippen LogP contribution in [-0.4, -0.2) is 24.3 Å². The van der Waals surface area contributed by atoms with E-state index in [0.29, 0.717) is 16.3 Å². The van der Waals surface area contributed by atoms with E-state index in [1.165, 1.54) is 0 Å². The molecule has 19 heavy (non-hydrogen) atoms. The van der Waals surface area contributed by atoms with Gasteiger partial charge in [-0.15, -0.1) is 10.2 Å². The van der Waals surface area contributed by atoms with E-state index in [-0.39, 0.29) is 0 Å². The molecule has 5 nitrogen and oxygen atoms in total. The van der Waals surface area contributed by atoms with Gasteiger partial charge in [-0.1, -0.05) is 11.6 Å². The lowest BCUT2D eigenvalue weighted by atomic mass is 10.3. The van der Waals surface area contributed by atoms with Gasteiger partial charge in [0.1, 0.15) is 6.33 Å². The molecule has 2 heterocycles. The Morgan fingerprint density at radius 3 is 3.05 bits per heavy atom. The lowest BCUT2D eigenvalue weighted by molar-refractivity contribution is 0.655. The van der Waals surface area contributed by atoms with Crippen LogP contribution in [0.1, 0.15) is 12.7 Å². The van der Waals surface area contributed by atoms with Gasteiger partial charge in [0.2, 0.25) is 0 Å². The van der Waals surface area contributed by atoms with Crippen molar-refractivity contribution in [1.82, 2.24) is 24.3 Å². The normalized spacial score (nSPS) is 11.3. The van der Waals surface area contributed by atoms with Crippen LogP contribution in [-0.2, 0) is 13.1 Å². The summed E-state index contributed by atoms with van der Waals surface area (Å²) in [7, 11) is 0. The fraction of sp³-hybridized carbons (Fsp3) is 0.250. The van der Waals surface area contributed by atoms with Crippen LogP contribution in [0.5, 0.6) is 0 Å². The molecule has 0 aliphatic carbocycles. The molecule has 0 unspecified atom stereocenters. The van der Waals surface area contributed by atoms with E-state index in [9.17, 15) is 0 Å². The first kappa shape index (κ1) is 12.4. The number of rotatable bonds is 3. The van der Waals surface area contributed by atoms with E-state index < -0.39 is 0 Å². The highest BCUT2D eigenvalue weighted by Crippen LogP contribution is 2.19. The molecule has 0 bridgehead atoms. The number of fused-ring (bicyclic) bond motifs is 1. The van der Waals surface area contributed by atoms with Crippen molar-refractivity contribution in [3.63, 3.8) is 0 Å². The zero-order chi connectivity index (χ0) is 13.4. The molecule has 0 saturated heterocycles. The molecule has 1 N–H and O–H groups in total. The largest absolute Gasteiger partial charge is 0.331 e. The molecule has 98 valence electrons. The third-order valence-electron chi connectivity index (χ3n) is 3.07. The molecule has 0 amide bonds.